The zero-order chi connectivity index (χ0) is 33.1. The fourth-order valence-corrected chi connectivity index (χ4v) is 7.68. The molecule has 46 heavy (non-hydrogen) atoms. The van der Waals surface area contributed by atoms with E-state index in [-0.39, 0.29) is 35.4 Å². The molecule has 0 saturated carbocycles. The molecule has 246 valence electrons. The van der Waals surface area contributed by atoms with E-state index in [4.69, 9.17) is 4.74 Å². The first kappa shape index (κ1) is 33.4. The first-order chi connectivity index (χ1) is 21.9. The van der Waals surface area contributed by atoms with E-state index in [1.165, 1.54) is 22.5 Å². The largest absolute Gasteiger partial charge is 0.506 e. The van der Waals surface area contributed by atoms with Crippen LogP contribution in [0.1, 0.15) is 41.9 Å². The molecule has 1 aliphatic heterocycles. The maximum Gasteiger partial charge on any atom is 0.355 e. The monoisotopic (exact) mass is 670 g/mol. The fourth-order valence-electron chi connectivity index (χ4n) is 5.64. The Morgan fingerprint density at radius 3 is 2.37 bits per heavy atom. The molecule has 5 rings (SSSR count). The number of aromatic hydroxyl groups is 1. The van der Waals surface area contributed by atoms with E-state index >= 15 is 0 Å². The van der Waals surface area contributed by atoms with Gasteiger partial charge >= 0.3 is 5.97 Å². The number of benzene rings is 3. The lowest BCUT2D eigenvalue weighted by atomic mass is 9.98. The summed E-state index contributed by atoms with van der Waals surface area (Å²) in [5, 5.41) is 24.6. The van der Waals surface area contributed by atoms with Crippen molar-refractivity contribution in [3.8, 4) is 11.4 Å². The SMILES string of the molecule is CCOC(=O)c1cc2ccccc2n1-c1ccc(S(=O)(=O)N2CCC(CNCC(O)c3ccc(O)c(NS(C)(=O)=O)c3)CC2)cc1. The van der Waals surface area contributed by atoms with Crippen LogP contribution in [-0.2, 0) is 24.8 Å². The third-order valence-corrected chi connectivity index (χ3v) is 10.5. The molecule has 1 aliphatic rings. The number of aliphatic hydroxyl groups is 1. The Balaban J connectivity index is 1.18. The van der Waals surface area contributed by atoms with Gasteiger partial charge in [0.15, 0.2) is 0 Å². The zero-order valence-corrected chi connectivity index (χ0v) is 27.2. The van der Waals surface area contributed by atoms with Gasteiger partial charge in [-0.25, -0.2) is 21.6 Å². The zero-order valence-electron chi connectivity index (χ0n) is 25.6. The first-order valence-electron chi connectivity index (χ1n) is 14.9. The van der Waals surface area contributed by atoms with Crippen LogP contribution in [0.5, 0.6) is 5.75 Å². The highest BCUT2D eigenvalue weighted by molar-refractivity contribution is 7.92. The highest BCUT2D eigenvalue weighted by Gasteiger charge is 2.30. The molecule has 1 atom stereocenters. The molecule has 0 aliphatic carbocycles. The van der Waals surface area contributed by atoms with Crippen molar-refractivity contribution in [1.82, 2.24) is 14.2 Å². The van der Waals surface area contributed by atoms with Crippen molar-refractivity contribution < 1.29 is 36.6 Å². The van der Waals surface area contributed by atoms with Crippen molar-refractivity contribution in [3.63, 3.8) is 0 Å². The Hall–Kier alpha value is -3.95. The first-order valence-corrected chi connectivity index (χ1v) is 18.3. The van der Waals surface area contributed by atoms with Crippen LogP contribution < -0.4 is 10.0 Å². The number of sulfonamides is 2. The number of anilines is 1. The molecule has 1 saturated heterocycles. The second-order valence-electron chi connectivity index (χ2n) is 11.3. The number of rotatable bonds is 12. The summed E-state index contributed by atoms with van der Waals surface area (Å²) in [6, 6.07) is 20.1. The molecular weight excluding hydrogens is 633 g/mol. The third kappa shape index (κ3) is 7.53. The molecule has 0 radical (unpaired) electrons. The van der Waals surface area contributed by atoms with E-state index < -0.39 is 32.1 Å². The standard InChI is InChI=1S/C32H38N4O8S2/c1-3-44-32(39)29-19-23-6-4-5-7-28(23)36(29)25-9-11-26(12-10-25)46(42,43)35-16-14-22(15-17-35)20-33-21-31(38)24-8-13-30(37)27(18-24)34-45(2,40)41/h4-13,18-19,22,31,33-34,37-38H,3,14-17,20-21H2,1-2H3. The molecule has 14 heteroatoms. The summed E-state index contributed by atoms with van der Waals surface area (Å²) in [6.45, 7) is 3.45. The fraction of sp³-hybridized carbons (Fsp3) is 0.344. The van der Waals surface area contributed by atoms with Crippen LogP contribution in [0.15, 0.2) is 77.7 Å². The number of nitrogens with one attached hydrogen (secondary N) is 2. The van der Waals surface area contributed by atoms with Crippen LogP contribution in [0.2, 0.25) is 0 Å². The molecule has 4 N–H and O–H groups in total. The highest BCUT2D eigenvalue weighted by Crippen LogP contribution is 2.30. The minimum Gasteiger partial charge on any atom is -0.506 e. The summed E-state index contributed by atoms with van der Waals surface area (Å²) >= 11 is 0. The molecule has 1 aromatic heterocycles. The van der Waals surface area contributed by atoms with E-state index in [0.29, 0.717) is 49.4 Å². The molecule has 0 bridgehead atoms. The van der Waals surface area contributed by atoms with Gasteiger partial charge in [0.1, 0.15) is 11.4 Å². The Morgan fingerprint density at radius 1 is 1.00 bits per heavy atom. The minimum absolute atomic E-state index is 0.0121. The number of fused-ring (bicyclic) bond motifs is 1. The second-order valence-corrected chi connectivity index (χ2v) is 15.0. The lowest BCUT2D eigenvalue weighted by Crippen LogP contribution is -2.41. The van der Waals surface area contributed by atoms with Crippen molar-refractivity contribution in [2.24, 2.45) is 5.92 Å². The molecule has 1 fully saturated rings. The number of para-hydroxylation sites is 1. The topological polar surface area (TPSA) is 167 Å². The molecule has 0 spiro atoms. The average Bonchev–Trinajstić information content (AvgIpc) is 3.42. The van der Waals surface area contributed by atoms with Gasteiger partial charge in [-0.15, -0.1) is 0 Å². The van der Waals surface area contributed by atoms with Gasteiger partial charge in [-0.2, -0.15) is 4.31 Å². The number of hydrogen-bond acceptors (Lipinski definition) is 9. The van der Waals surface area contributed by atoms with E-state index in [2.05, 4.69) is 10.0 Å². The van der Waals surface area contributed by atoms with E-state index in [0.717, 1.165) is 17.2 Å². The summed E-state index contributed by atoms with van der Waals surface area (Å²) < 4.78 is 60.8. The number of aliphatic hydroxyl groups excluding tert-OH is 1. The molecule has 0 amide bonds. The lowest BCUT2D eigenvalue weighted by Gasteiger charge is -2.31. The van der Waals surface area contributed by atoms with Crippen LogP contribution in [0, 0.1) is 5.92 Å². The van der Waals surface area contributed by atoms with Gasteiger partial charge in [0.2, 0.25) is 20.0 Å². The van der Waals surface area contributed by atoms with Crippen LogP contribution in [0.4, 0.5) is 5.69 Å². The van der Waals surface area contributed by atoms with Gasteiger partial charge in [0.25, 0.3) is 0 Å². The van der Waals surface area contributed by atoms with Gasteiger partial charge in [-0.05, 0) is 86.3 Å². The average molecular weight is 671 g/mol. The van der Waals surface area contributed by atoms with Crippen molar-refractivity contribution in [3.05, 3.63) is 84.1 Å². The van der Waals surface area contributed by atoms with Gasteiger partial charge in [0, 0.05) is 30.7 Å². The molecule has 12 nitrogen and oxygen atoms in total. The number of esters is 1. The Bertz CT molecular complexity index is 1920. The third-order valence-electron chi connectivity index (χ3n) is 7.97. The van der Waals surface area contributed by atoms with E-state index in [9.17, 15) is 31.8 Å². The van der Waals surface area contributed by atoms with Crippen molar-refractivity contribution in [1.29, 1.82) is 0 Å². The van der Waals surface area contributed by atoms with Gasteiger partial charge in [0.05, 0.1) is 35.1 Å². The number of phenolic OH excluding ortho intramolecular Hbond substituents is 1. The second kappa shape index (κ2) is 13.8. The number of ether oxygens (including phenoxy) is 1. The normalized spacial score (nSPS) is 15.5. The summed E-state index contributed by atoms with van der Waals surface area (Å²) in [5.41, 5.74) is 2.23. The predicted octanol–water partition coefficient (Wildman–Crippen LogP) is 3.61. The van der Waals surface area contributed by atoms with Gasteiger partial charge < -0.3 is 24.8 Å². The van der Waals surface area contributed by atoms with Crippen LogP contribution in [0.25, 0.3) is 16.6 Å². The van der Waals surface area contributed by atoms with Gasteiger partial charge in [-0.1, -0.05) is 24.3 Å². The van der Waals surface area contributed by atoms with E-state index in [1.54, 1.807) is 41.8 Å². The summed E-state index contributed by atoms with van der Waals surface area (Å²) in [6.07, 6.45) is 1.31. The van der Waals surface area contributed by atoms with Crippen LogP contribution in [-0.4, -0.2) is 80.9 Å². The molecule has 4 aromatic rings. The number of aromatic nitrogens is 1. The maximum atomic E-state index is 13.5. The molecule has 2 heterocycles. The summed E-state index contributed by atoms with van der Waals surface area (Å²) in [5.74, 6) is -0.505. The Morgan fingerprint density at radius 2 is 1.70 bits per heavy atom. The smallest absolute Gasteiger partial charge is 0.355 e. The number of carbonyl (C=O) groups excluding carboxylic acids is 1. The number of nitrogens with zero attached hydrogens (tertiary/aromatic N) is 2. The number of hydrogen-bond donors (Lipinski definition) is 4. The lowest BCUT2D eigenvalue weighted by molar-refractivity contribution is 0.0517. The Kier molecular flexibility index (Phi) is 10.0. The van der Waals surface area contributed by atoms with Crippen molar-refractivity contribution >= 4 is 42.6 Å². The predicted molar refractivity (Wildman–Crippen MR) is 175 cm³/mol. The molecule has 1 unspecified atom stereocenters. The summed E-state index contributed by atoms with van der Waals surface area (Å²) in [4.78, 5) is 12.9. The maximum absolute atomic E-state index is 13.5. The number of carbonyl (C=O) groups is 1. The van der Waals surface area contributed by atoms with Crippen LogP contribution in [0.3, 0.4) is 0 Å². The quantitative estimate of drug-likeness (QED) is 0.130. The minimum atomic E-state index is -3.74. The number of phenols is 1. The summed E-state index contributed by atoms with van der Waals surface area (Å²) in [7, 11) is -7.34. The van der Waals surface area contributed by atoms with Crippen molar-refractivity contribution in [2.75, 3.05) is 43.8 Å². The Labute approximate surface area is 268 Å². The number of piperidine rings is 1. The van der Waals surface area contributed by atoms with E-state index in [1.807, 2.05) is 24.3 Å². The van der Waals surface area contributed by atoms with Crippen LogP contribution >= 0.6 is 0 Å². The van der Waals surface area contributed by atoms with Gasteiger partial charge in [-0.3, -0.25) is 4.72 Å². The molecule has 3 aromatic carbocycles. The highest BCUT2D eigenvalue weighted by atomic mass is 32.2. The van der Waals surface area contributed by atoms with Crippen molar-refractivity contribution in [2.45, 2.75) is 30.8 Å². The molecular formula is C32H38N4O8S2.